The van der Waals surface area contributed by atoms with Crippen LogP contribution in [0.3, 0.4) is 0 Å². The van der Waals surface area contributed by atoms with Crippen molar-refractivity contribution in [3.8, 4) is 0 Å². The molecular weight excluding hydrogens is 425 g/mol. The fourth-order valence-electron chi connectivity index (χ4n) is 4.45. The van der Waals surface area contributed by atoms with Gasteiger partial charge in [-0.15, -0.1) is 0 Å². The van der Waals surface area contributed by atoms with Crippen LogP contribution in [0.15, 0.2) is 48.5 Å². The molecule has 3 unspecified atom stereocenters. The monoisotopic (exact) mass is 449 g/mol. The minimum atomic E-state index is -0.784. The number of halogens is 1. The van der Waals surface area contributed by atoms with E-state index in [1.54, 1.807) is 0 Å². The molecule has 2 aliphatic rings. The molecule has 0 bridgehead atoms. The first-order chi connectivity index (χ1) is 12.1. The number of aliphatic hydroxyl groups is 2. The summed E-state index contributed by atoms with van der Waals surface area (Å²) in [6.45, 7) is 1.96. The van der Waals surface area contributed by atoms with E-state index in [-0.39, 0.29) is 6.04 Å². The third-order valence-corrected chi connectivity index (χ3v) is 6.80. The number of hydrogen-bond donors (Lipinski definition) is 2. The van der Waals surface area contributed by atoms with Crippen molar-refractivity contribution in [2.24, 2.45) is 0 Å². The van der Waals surface area contributed by atoms with Crippen molar-refractivity contribution < 1.29 is 10.2 Å². The minimum absolute atomic E-state index is 0.0115. The molecule has 0 aromatic heterocycles. The second kappa shape index (κ2) is 7.35. The van der Waals surface area contributed by atoms with Crippen molar-refractivity contribution in [3.63, 3.8) is 0 Å². The van der Waals surface area contributed by atoms with Crippen LogP contribution in [-0.2, 0) is 6.42 Å². The fraction of sp³-hybridized carbons (Fsp3) is 0.429. The molecule has 1 aliphatic carbocycles. The highest BCUT2D eigenvalue weighted by Crippen LogP contribution is 2.37. The minimum Gasteiger partial charge on any atom is -0.388 e. The summed E-state index contributed by atoms with van der Waals surface area (Å²) in [7, 11) is 0. The zero-order chi connectivity index (χ0) is 17.4. The first kappa shape index (κ1) is 17.5. The lowest BCUT2D eigenvalue weighted by Gasteiger charge is -2.44. The number of hydrogen-bond acceptors (Lipinski definition) is 3. The van der Waals surface area contributed by atoms with E-state index in [0.29, 0.717) is 5.92 Å². The number of rotatable bonds is 2. The molecule has 1 fully saturated rings. The molecule has 4 rings (SSSR count). The normalized spacial score (nSPS) is 27.9. The van der Waals surface area contributed by atoms with Gasteiger partial charge in [-0.25, -0.2) is 0 Å². The number of benzene rings is 2. The summed E-state index contributed by atoms with van der Waals surface area (Å²) in [4.78, 5) is 2.39. The van der Waals surface area contributed by atoms with E-state index in [4.69, 9.17) is 0 Å². The maximum atomic E-state index is 10.7. The van der Waals surface area contributed by atoms with Crippen LogP contribution in [0.5, 0.6) is 0 Å². The first-order valence-corrected chi connectivity index (χ1v) is 10.2. The van der Waals surface area contributed by atoms with E-state index in [9.17, 15) is 10.2 Å². The molecule has 0 spiro atoms. The third-order valence-electron chi connectivity index (χ3n) is 5.86. The highest BCUT2D eigenvalue weighted by Gasteiger charge is 2.39. The summed E-state index contributed by atoms with van der Waals surface area (Å²) in [6.07, 6.45) is 1.55. The van der Waals surface area contributed by atoms with Gasteiger partial charge < -0.3 is 10.2 Å². The molecule has 2 N–H and O–H groups in total. The van der Waals surface area contributed by atoms with Crippen LogP contribution in [0.2, 0.25) is 0 Å². The summed E-state index contributed by atoms with van der Waals surface area (Å²) >= 11 is 2.25. The van der Waals surface area contributed by atoms with E-state index < -0.39 is 12.2 Å². The molecule has 1 heterocycles. The Hall–Kier alpha value is -0.950. The zero-order valence-corrected chi connectivity index (χ0v) is 16.3. The van der Waals surface area contributed by atoms with Crippen LogP contribution < -0.4 is 0 Å². The van der Waals surface area contributed by atoms with Gasteiger partial charge in [0, 0.05) is 9.61 Å². The average molecular weight is 449 g/mol. The molecule has 2 aromatic carbocycles. The van der Waals surface area contributed by atoms with Gasteiger partial charge in [-0.1, -0.05) is 42.5 Å². The predicted molar refractivity (Wildman–Crippen MR) is 108 cm³/mol. The van der Waals surface area contributed by atoms with Gasteiger partial charge in [0.25, 0.3) is 0 Å². The zero-order valence-electron chi connectivity index (χ0n) is 14.2. The molecule has 2 aromatic rings. The quantitative estimate of drug-likeness (QED) is 0.691. The van der Waals surface area contributed by atoms with Crippen molar-refractivity contribution in [2.45, 2.75) is 43.4 Å². The highest BCUT2D eigenvalue weighted by atomic mass is 127. The van der Waals surface area contributed by atoms with Crippen molar-refractivity contribution in [2.75, 3.05) is 13.1 Å². The lowest BCUT2D eigenvalue weighted by molar-refractivity contribution is -0.0540. The van der Waals surface area contributed by atoms with Gasteiger partial charge in [-0.05, 0) is 83.6 Å². The summed E-state index contributed by atoms with van der Waals surface area (Å²) in [5.74, 6) is 0.608. The Balaban J connectivity index is 1.48. The molecule has 1 saturated heterocycles. The van der Waals surface area contributed by atoms with Crippen molar-refractivity contribution in [1.82, 2.24) is 4.90 Å². The molecule has 0 amide bonds. The Bertz CT molecular complexity index is 728. The van der Waals surface area contributed by atoms with Gasteiger partial charge in [0.05, 0.1) is 6.10 Å². The molecule has 0 radical (unpaired) electrons. The maximum absolute atomic E-state index is 10.7. The molecule has 25 heavy (non-hydrogen) atoms. The molecular formula is C21H24INO2. The van der Waals surface area contributed by atoms with Crippen molar-refractivity contribution >= 4 is 22.6 Å². The highest BCUT2D eigenvalue weighted by molar-refractivity contribution is 14.1. The fourth-order valence-corrected chi connectivity index (χ4v) is 5.33. The summed E-state index contributed by atoms with van der Waals surface area (Å²) < 4.78 is 1.04. The van der Waals surface area contributed by atoms with Crippen LogP contribution in [-0.4, -0.2) is 40.3 Å². The number of nitrogens with zero attached hydrogens (tertiary/aromatic N) is 1. The van der Waals surface area contributed by atoms with Gasteiger partial charge in [0.2, 0.25) is 0 Å². The van der Waals surface area contributed by atoms with Crippen LogP contribution >= 0.6 is 22.6 Å². The van der Waals surface area contributed by atoms with E-state index in [1.807, 2.05) is 12.1 Å². The van der Waals surface area contributed by atoms with Crippen LogP contribution in [0.4, 0.5) is 0 Å². The summed E-state index contributed by atoms with van der Waals surface area (Å²) in [5.41, 5.74) is 3.53. The van der Waals surface area contributed by atoms with Gasteiger partial charge >= 0.3 is 0 Å². The third kappa shape index (κ3) is 3.37. The Morgan fingerprint density at radius 2 is 1.64 bits per heavy atom. The molecule has 0 saturated carbocycles. The number of fused-ring (bicyclic) bond motifs is 1. The lowest BCUT2D eigenvalue weighted by atomic mass is 9.81. The second-order valence-corrected chi connectivity index (χ2v) is 8.40. The topological polar surface area (TPSA) is 43.7 Å². The second-order valence-electron chi connectivity index (χ2n) is 7.24. The molecule has 132 valence electrons. The van der Waals surface area contributed by atoms with E-state index in [1.165, 1.54) is 11.1 Å². The Morgan fingerprint density at radius 3 is 2.36 bits per heavy atom. The standard InChI is InChI=1S/C21H24INO2/c22-17-8-4-7-16-13-18(20(24)21(25)19(16)17)23-11-9-15(10-12-23)14-5-2-1-3-6-14/h1-8,15,18,20-21,24-25H,9-13H2. The molecule has 4 heteroatoms. The summed E-state index contributed by atoms with van der Waals surface area (Å²) in [6, 6.07) is 16.9. The predicted octanol–water partition coefficient (Wildman–Crippen LogP) is 3.49. The number of aliphatic hydroxyl groups excluding tert-OH is 2. The maximum Gasteiger partial charge on any atom is 0.108 e. The van der Waals surface area contributed by atoms with E-state index in [2.05, 4.69) is 63.9 Å². The van der Waals surface area contributed by atoms with Gasteiger partial charge in [-0.3, -0.25) is 4.90 Å². The largest absolute Gasteiger partial charge is 0.388 e. The molecule has 3 nitrogen and oxygen atoms in total. The summed E-state index contributed by atoms with van der Waals surface area (Å²) in [5, 5.41) is 21.4. The van der Waals surface area contributed by atoms with Crippen molar-refractivity contribution in [3.05, 3.63) is 68.8 Å². The SMILES string of the molecule is OC1c2c(I)cccc2CC(N2CCC(c3ccccc3)CC2)C1O. The van der Waals surface area contributed by atoms with E-state index >= 15 is 0 Å². The number of likely N-dealkylation sites (tertiary alicyclic amines) is 1. The van der Waals surface area contributed by atoms with Crippen LogP contribution in [0.1, 0.15) is 41.6 Å². The van der Waals surface area contributed by atoms with Crippen molar-refractivity contribution in [1.29, 1.82) is 0 Å². The first-order valence-electron chi connectivity index (χ1n) is 9.07. The smallest absolute Gasteiger partial charge is 0.108 e. The van der Waals surface area contributed by atoms with Gasteiger partial charge in [0.1, 0.15) is 6.10 Å². The number of piperidine rings is 1. The Kier molecular flexibility index (Phi) is 5.13. The molecule has 3 atom stereocenters. The molecule has 1 aliphatic heterocycles. The van der Waals surface area contributed by atoms with Gasteiger partial charge in [-0.2, -0.15) is 0 Å². The lowest BCUT2D eigenvalue weighted by Crippen LogP contribution is -2.52. The van der Waals surface area contributed by atoms with E-state index in [0.717, 1.165) is 41.5 Å². The Labute approximate surface area is 162 Å². The van der Waals surface area contributed by atoms with Crippen LogP contribution in [0.25, 0.3) is 0 Å². The Morgan fingerprint density at radius 1 is 0.920 bits per heavy atom. The van der Waals surface area contributed by atoms with Crippen LogP contribution in [0, 0.1) is 3.57 Å². The van der Waals surface area contributed by atoms with Gasteiger partial charge in [0.15, 0.2) is 0 Å². The average Bonchev–Trinajstić information content (AvgIpc) is 2.65.